The molecule has 0 atom stereocenters. The van der Waals surface area contributed by atoms with Gasteiger partial charge in [-0.15, -0.1) is 10.9 Å². The molecule has 206 valence electrons. The van der Waals surface area contributed by atoms with Crippen molar-refractivity contribution in [1.82, 2.24) is 9.55 Å². The molecule has 7 aromatic carbocycles. The summed E-state index contributed by atoms with van der Waals surface area (Å²) in [6, 6.07) is 31.2. The Morgan fingerprint density at radius 2 is 1.02 bits per heavy atom. The first-order chi connectivity index (χ1) is 22.7. The first-order valence-corrected chi connectivity index (χ1v) is 14.9. The van der Waals surface area contributed by atoms with Gasteiger partial charge in [0.1, 0.15) is 64.4 Å². The first kappa shape index (κ1) is 29.2. The van der Waals surface area contributed by atoms with Gasteiger partial charge in [-0.3, -0.25) is 4.57 Å². The van der Waals surface area contributed by atoms with Crippen LogP contribution in [0.25, 0.3) is 71.6 Å². The minimum Gasteiger partial charge on any atom is -0.505 e. The van der Waals surface area contributed by atoms with Crippen LogP contribution in [0.1, 0.15) is 0 Å². The Hall–Kier alpha value is -5.22. The van der Waals surface area contributed by atoms with E-state index in [4.69, 9.17) is 52.1 Å². The van der Waals surface area contributed by atoms with Crippen LogP contribution in [-0.2, 0) is 0 Å². The highest BCUT2D eigenvalue weighted by molar-refractivity contribution is 6.68. The molecular formula is C37H18B6N2O2. The maximum Gasteiger partial charge on any atom is 0.150 e. The largest absolute Gasteiger partial charge is 0.505 e. The summed E-state index contributed by atoms with van der Waals surface area (Å²) in [5, 5.41) is 25.9. The van der Waals surface area contributed by atoms with Gasteiger partial charge in [0.2, 0.25) is 0 Å². The van der Waals surface area contributed by atoms with Crippen LogP contribution < -0.4 is 32.8 Å². The molecule has 0 aliphatic rings. The van der Waals surface area contributed by atoms with Gasteiger partial charge in [-0.1, -0.05) is 77.7 Å². The van der Waals surface area contributed by atoms with Crippen LogP contribution in [0.3, 0.4) is 0 Å². The highest BCUT2D eigenvalue weighted by atomic mass is 16.3. The fraction of sp³-hybridized carbons (Fsp3) is 0. The molecule has 0 fully saturated rings. The van der Waals surface area contributed by atoms with E-state index in [1.165, 1.54) is 0 Å². The Morgan fingerprint density at radius 1 is 0.489 bits per heavy atom. The third-order valence-corrected chi connectivity index (χ3v) is 9.02. The second-order valence-electron chi connectivity index (χ2n) is 11.6. The molecular weight excluding hydrogens is 569 g/mol. The number of benzene rings is 7. The van der Waals surface area contributed by atoms with Gasteiger partial charge in [0.05, 0.1) is 11.0 Å². The summed E-state index contributed by atoms with van der Waals surface area (Å²) in [6.45, 7) is 0. The molecule has 0 amide bonds. The van der Waals surface area contributed by atoms with E-state index in [1.54, 1.807) is 0 Å². The third-order valence-electron chi connectivity index (χ3n) is 9.02. The molecule has 0 bridgehead atoms. The molecule has 12 radical (unpaired) electrons. The van der Waals surface area contributed by atoms with Crippen molar-refractivity contribution in [3.63, 3.8) is 0 Å². The molecule has 10 heteroatoms. The van der Waals surface area contributed by atoms with Crippen molar-refractivity contribution in [3.8, 4) is 39.7 Å². The van der Waals surface area contributed by atoms with Gasteiger partial charge < -0.3 is 10.2 Å². The van der Waals surface area contributed by atoms with E-state index in [2.05, 4.69) is 0 Å². The number of nitrogens with zero attached hydrogens (tertiary/aromatic N) is 2. The lowest BCUT2D eigenvalue weighted by atomic mass is 9.62. The summed E-state index contributed by atoms with van der Waals surface area (Å²) in [7, 11) is 40.4. The lowest BCUT2D eigenvalue weighted by Crippen LogP contribution is -2.48. The van der Waals surface area contributed by atoms with E-state index >= 15 is 0 Å². The second-order valence-corrected chi connectivity index (χ2v) is 11.6. The summed E-state index contributed by atoms with van der Waals surface area (Å²) in [4.78, 5) is 5.10. The first-order valence-electron chi connectivity index (χ1n) is 14.9. The highest BCUT2D eigenvalue weighted by Crippen LogP contribution is 2.44. The van der Waals surface area contributed by atoms with Crippen LogP contribution in [0.4, 0.5) is 0 Å². The van der Waals surface area contributed by atoms with Crippen LogP contribution >= 0.6 is 0 Å². The molecule has 0 aliphatic heterocycles. The molecule has 0 unspecified atom stereocenters. The molecule has 0 aliphatic carbocycles. The van der Waals surface area contributed by atoms with E-state index in [0.717, 1.165) is 22.0 Å². The monoisotopic (exact) mass is 588 g/mol. The van der Waals surface area contributed by atoms with Crippen molar-refractivity contribution >= 4 is 123 Å². The number of hydrogen-bond acceptors (Lipinski definition) is 3. The summed E-state index contributed by atoms with van der Waals surface area (Å²) in [5.41, 5.74) is 4.23. The molecule has 1 aromatic heterocycles. The zero-order valence-corrected chi connectivity index (χ0v) is 25.0. The smallest absolute Gasteiger partial charge is 0.150 e. The number of rotatable bonds is 3. The van der Waals surface area contributed by atoms with Crippen molar-refractivity contribution in [2.24, 2.45) is 0 Å². The van der Waals surface area contributed by atoms with Gasteiger partial charge in [-0.25, -0.2) is 4.98 Å². The van der Waals surface area contributed by atoms with Crippen molar-refractivity contribution in [1.29, 1.82) is 0 Å². The van der Waals surface area contributed by atoms with E-state index < -0.39 is 11.5 Å². The number of phenols is 2. The number of fused-ring (bicyclic) bond motifs is 4. The predicted molar refractivity (Wildman–Crippen MR) is 200 cm³/mol. The Balaban J connectivity index is 1.70. The van der Waals surface area contributed by atoms with Gasteiger partial charge >= 0.3 is 0 Å². The van der Waals surface area contributed by atoms with Crippen LogP contribution in [-0.4, -0.2) is 66.8 Å². The SMILES string of the molecule is [B]c1c([B])c([B])c2c(-c3nc4ccccc4n3-c3ccccc3)c3c([B])c(O)c(O)c([B])c3c(-c3ccc4ccccc4c3)c2c1[B]. The lowest BCUT2D eigenvalue weighted by Gasteiger charge is -2.27. The molecule has 2 N–H and O–H groups in total. The maximum absolute atomic E-state index is 11.2. The molecule has 8 rings (SSSR count). The second kappa shape index (κ2) is 10.7. The van der Waals surface area contributed by atoms with E-state index in [-0.39, 0.29) is 32.8 Å². The quantitative estimate of drug-likeness (QED) is 0.189. The van der Waals surface area contributed by atoms with Crippen LogP contribution in [0.5, 0.6) is 11.5 Å². The normalized spacial score (nSPS) is 11.7. The Morgan fingerprint density at radius 3 is 1.70 bits per heavy atom. The number of imidazole rings is 1. The van der Waals surface area contributed by atoms with Crippen molar-refractivity contribution in [2.75, 3.05) is 0 Å². The minimum atomic E-state index is -0.572. The van der Waals surface area contributed by atoms with E-state index in [1.807, 2.05) is 102 Å². The summed E-state index contributed by atoms with van der Waals surface area (Å²) in [6.07, 6.45) is 0. The predicted octanol–water partition coefficient (Wildman–Crippen LogP) is 1.99. The fourth-order valence-corrected chi connectivity index (χ4v) is 6.77. The van der Waals surface area contributed by atoms with Gasteiger partial charge in [-0.05, 0) is 84.7 Å². The molecule has 1 heterocycles. The van der Waals surface area contributed by atoms with Gasteiger partial charge in [-0.2, -0.15) is 0 Å². The summed E-state index contributed by atoms with van der Waals surface area (Å²) < 4.78 is 1.97. The highest BCUT2D eigenvalue weighted by Gasteiger charge is 2.28. The number of aromatic nitrogens is 2. The average molecular weight is 587 g/mol. The fourth-order valence-electron chi connectivity index (χ4n) is 6.77. The third kappa shape index (κ3) is 4.14. The van der Waals surface area contributed by atoms with Gasteiger partial charge in [0, 0.05) is 11.3 Å². The lowest BCUT2D eigenvalue weighted by molar-refractivity contribution is 0.410. The van der Waals surface area contributed by atoms with Crippen molar-refractivity contribution < 1.29 is 10.2 Å². The summed E-state index contributed by atoms with van der Waals surface area (Å²) in [5.74, 6) is -0.699. The van der Waals surface area contributed by atoms with Crippen molar-refractivity contribution in [3.05, 3.63) is 97.1 Å². The number of hydrogen-bond donors (Lipinski definition) is 2. The number of phenolic OH excluding ortho intramolecular Hbond substituents is 2. The minimum absolute atomic E-state index is 0.0944. The van der Waals surface area contributed by atoms with Gasteiger partial charge in [0.25, 0.3) is 0 Å². The Kier molecular flexibility index (Phi) is 6.63. The number of para-hydroxylation sites is 3. The average Bonchev–Trinajstić information content (AvgIpc) is 3.49. The molecule has 0 saturated heterocycles. The molecule has 8 aromatic rings. The molecule has 4 nitrogen and oxygen atoms in total. The van der Waals surface area contributed by atoms with E-state index in [9.17, 15) is 10.2 Å². The Bertz CT molecular complexity index is 2540. The zero-order chi connectivity index (χ0) is 32.7. The zero-order valence-electron chi connectivity index (χ0n) is 25.0. The van der Waals surface area contributed by atoms with Crippen LogP contribution in [0.15, 0.2) is 97.1 Å². The van der Waals surface area contributed by atoms with Crippen LogP contribution in [0.2, 0.25) is 0 Å². The standard InChI is InChI=1S/C37H18B6N2O2/c38-29-24-23(19-15-14-17-8-4-5-9-18(17)16-19)25-27(32(41)36(47)35(46)31(25)40)28(26(24)30(39)34(43)33(29)42)37-44-21-12-6-7-13-22(21)45(37)20-10-2-1-3-11-20/h1-16,46-47H. The number of aromatic hydroxyl groups is 2. The topological polar surface area (TPSA) is 58.3 Å². The molecule has 0 saturated carbocycles. The van der Waals surface area contributed by atoms with Gasteiger partial charge in [0.15, 0.2) is 0 Å². The van der Waals surface area contributed by atoms with E-state index in [0.29, 0.717) is 49.6 Å². The van der Waals surface area contributed by atoms with Crippen molar-refractivity contribution in [2.45, 2.75) is 0 Å². The maximum atomic E-state index is 11.2. The Labute approximate surface area is 278 Å². The molecule has 0 spiro atoms. The molecule has 47 heavy (non-hydrogen) atoms. The van der Waals surface area contributed by atoms with Crippen LogP contribution in [0, 0.1) is 0 Å². The summed E-state index contributed by atoms with van der Waals surface area (Å²) >= 11 is 0.